The van der Waals surface area contributed by atoms with Crippen LogP contribution in [0.15, 0.2) is 6.20 Å². The van der Waals surface area contributed by atoms with Crippen LogP contribution in [0.4, 0.5) is 0 Å². The zero-order valence-corrected chi connectivity index (χ0v) is 13.0. The summed E-state index contributed by atoms with van der Waals surface area (Å²) in [6, 6.07) is 0. The molecule has 0 aliphatic heterocycles. The fourth-order valence-corrected chi connectivity index (χ4v) is 2.40. The van der Waals surface area contributed by atoms with Gasteiger partial charge in [0, 0.05) is 29.7 Å². The van der Waals surface area contributed by atoms with E-state index >= 15 is 0 Å². The highest BCUT2D eigenvalue weighted by Gasteiger charge is 2.13. The highest BCUT2D eigenvalue weighted by molar-refractivity contribution is 5.30. The van der Waals surface area contributed by atoms with Crippen molar-refractivity contribution in [3.05, 3.63) is 34.4 Å². The lowest BCUT2D eigenvalue weighted by Crippen LogP contribution is -2.15. The van der Waals surface area contributed by atoms with Gasteiger partial charge < -0.3 is 5.32 Å². The van der Waals surface area contributed by atoms with E-state index in [9.17, 15) is 0 Å². The summed E-state index contributed by atoms with van der Waals surface area (Å²) in [7, 11) is 0. The number of aromatic nitrogens is 4. The van der Waals surface area contributed by atoms with Gasteiger partial charge >= 0.3 is 0 Å². The molecule has 0 aliphatic carbocycles. The van der Waals surface area contributed by atoms with Crippen molar-refractivity contribution in [3.63, 3.8) is 0 Å². The number of hydrogen-bond acceptors (Lipinski definition) is 4. The van der Waals surface area contributed by atoms with Crippen molar-refractivity contribution in [1.29, 1.82) is 0 Å². The Balaban J connectivity index is 2.37. The molecule has 0 amide bonds. The quantitative estimate of drug-likeness (QED) is 0.908. The number of rotatable bonds is 5. The number of aryl methyl sites for hydroxylation is 2. The highest BCUT2D eigenvalue weighted by Crippen LogP contribution is 2.16. The molecule has 2 rings (SSSR count). The lowest BCUT2D eigenvalue weighted by molar-refractivity contribution is 0.705. The molecular weight excluding hydrogens is 250 g/mol. The smallest absolute Gasteiger partial charge is 0.250 e. The summed E-state index contributed by atoms with van der Waals surface area (Å²) in [4.78, 5) is 9.06. The Morgan fingerprint density at radius 1 is 1.15 bits per heavy atom. The van der Waals surface area contributed by atoms with Crippen LogP contribution in [0.1, 0.15) is 42.1 Å². The van der Waals surface area contributed by atoms with E-state index in [1.165, 1.54) is 5.56 Å². The van der Waals surface area contributed by atoms with Crippen LogP contribution in [0.25, 0.3) is 5.95 Å². The third kappa shape index (κ3) is 2.72. The second kappa shape index (κ2) is 6.13. The Kier molecular flexibility index (Phi) is 4.49. The van der Waals surface area contributed by atoms with E-state index in [2.05, 4.69) is 41.2 Å². The first kappa shape index (κ1) is 14.7. The Morgan fingerprint density at radius 2 is 1.90 bits per heavy atom. The second-order valence-electron chi connectivity index (χ2n) is 4.98. The first-order chi connectivity index (χ1) is 9.58. The van der Waals surface area contributed by atoms with Crippen LogP contribution in [0.5, 0.6) is 0 Å². The van der Waals surface area contributed by atoms with Crippen LogP contribution in [-0.4, -0.2) is 26.3 Å². The first-order valence-corrected chi connectivity index (χ1v) is 7.17. The van der Waals surface area contributed by atoms with Crippen LogP contribution >= 0.6 is 0 Å². The average Bonchev–Trinajstić information content (AvgIpc) is 2.72. The van der Waals surface area contributed by atoms with Crippen molar-refractivity contribution in [1.82, 2.24) is 25.1 Å². The normalized spacial score (nSPS) is 11.1. The maximum absolute atomic E-state index is 4.60. The molecule has 108 valence electrons. The van der Waals surface area contributed by atoms with Crippen LogP contribution in [0.3, 0.4) is 0 Å². The van der Waals surface area contributed by atoms with Crippen molar-refractivity contribution in [2.45, 2.75) is 47.6 Å². The first-order valence-electron chi connectivity index (χ1n) is 7.17. The molecule has 0 bridgehead atoms. The fourth-order valence-electron chi connectivity index (χ4n) is 2.40. The third-order valence-electron chi connectivity index (χ3n) is 3.62. The van der Waals surface area contributed by atoms with Gasteiger partial charge in [-0.3, -0.25) is 0 Å². The molecule has 5 nitrogen and oxygen atoms in total. The van der Waals surface area contributed by atoms with Gasteiger partial charge in [-0.2, -0.15) is 5.10 Å². The van der Waals surface area contributed by atoms with Gasteiger partial charge in [-0.25, -0.2) is 14.6 Å². The third-order valence-corrected chi connectivity index (χ3v) is 3.62. The Labute approximate surface area is 120 Å². The standard InChI is InChI=1S/C15H23N5/c1-6-14-11(4)19-20(12(14)5)15-17-9-13(8-16-7-2)10(3)18-15/h9,16H,6-8H2,1-5H3. The van der Waals surface area contributed by atoms with Crippen molar-refractivity contribution in [2.24, 2.45) is 0 Å². The molecule has 0 saturated carbocycles. The van der Waals surface area contributed by atoms with Crippen LogP contribution < -0.4 is 5.32 Å². The van der Waals surface area contributed by atoms with Gasteiger partial charge in [0.25, 0.3) is 5.95 Å². The minimum atomic E-state index is 0.656. The van der Waals surface area contributed by atoms with Gasteiger partial charge in [-0.1, -0.05) is 13.8 Å². The lowest BCUT2D eigenvalue weighted by Gasteiger charge is -2.08. The zero-order valence-electron chi connectivity index (χ0n) is 13.0. The van der Waals surface area contributed by atoms with E-state index in [0.717, 1.165) is 42.2 Å². The van der Waals surface area contributed by atoms with Gasteiger partial charge in [0.05, 0.1) is 5.69 Å². The topological polar surface area (TPSA) is 55.6 Å². The molecule has 2 aromatic rings. The summed E-state index contributed by atoms with van der Waals surface area (Å²) < 4.78 is 1.85. The van der Waals surface area contributed by atoms with E-state index < -0.39 is 0 Å². The summed E-state index contributed by atoms with van der Waals surface area (Å²) in [6.07, 6.45) is 2.87. The van der Waals surface area contributed by atoms with Crippen molar-refractivity contribution in [2.75, 3.05) is 6.54 Å². The van der Waals surface area contributed by atoms with E-state index in [1.54, 1.807) is 0 Å². The predicted octanol–water partition coefficient (Wildman–Crippen LogP) is 2.26. The summed E-state index contributed by atoms with van der Waals surface area (Å²) >= 11 is 0. The molecule has 0 radical (unpaired) electrons. The lowest BCUT2D eigenvalue weighted by atomic mass is 10.1. The maximum atomic E-state index is 4.60. The SMILES string of the molecule is CCNCc1cnc(-n2nc(C)c(CC)c2C)nc1C. The summed E-state index contributed by atoms with van der Waals surface area (Å²) in [6.45, 7) is 12.1. The minimum absolute atomic E-state index is 0.656. The predicted molar refractivity (Wildman–Crippen MR) is 80.1 cm³/mol. The van der Waals surface area contributed by atoms with Gasteiger partial charge in [0.2, 0.25) is 0 Å². The fraction of sp³-hybridized carbons (Fsp3) is 0.533. The summed E-state index contributed by atoms with van der Waals surface area (Å²) in [5.41, 5.74) is 5.60. The molecule has 2 aromatic heterocycles. The van der Waals surface area contributed by atoms with Crippen molar-refractivity contribution < 1.29 is 0 Å². The zero-order chi connectivity index (χ0) is 14.7. The molecule has 1 N–H and O–H groups in total. The Bertz CT molecular complexity index is 601. The van der Waals surface area contributed by atoms with Crippen LogP contribution in [0.2, 0.25) is 0 Å². The van der Waals surface area contributed by atoms with E-state index in [1.807, 2.05) is 24.7 Å². The second-order valence-corrected chi connectivity index (χ2v) is 4.98. The number of hydrogen-bond donors (Lipinski definition) is 1. The number of nitrogens with zero attached hydrogens (tertiary/aromatic N) is 4. The highest BCUT2D eigenvalue weighted by atomic mass is 15.4. The van der Waals surface area contributed by atoms with Crippen molar-refractivity contribution >= 4 is 0 Å². The summed E-state index contributed by atoms with van der Waals surface area (Å²) in [5.74, 6) is 0.656. The maximum Gasteiger partial charge on any atom is 0.250 e. The summed E-state index contributed by atoms with van der Waals surface area (Å²) in [5, 5.41) is 7.86. The van der Waals surface area contributed by atoms with Gasteiger partial charge in [-0.05, 0) is 39.3 Å². The molecular formula is C15H23N5. The van der Waals surface area contributed by atoms with Gasteiger partial charge in [-0.15, -0.1) is 0 Å². The average molecular weight is 273 g/mol. The Hall–Kier alpha value is -1.75. The molecule has 0 aromatic carbocycles. The van der Waals surface area contributed by atoms with E-state index in [4.69, 9.17) is 0 Å². The monoisotopic (exact) mass is 273 g/mol. The van der Waals surface area contributed by atoms with Crippen molar-refractivity contribution in [3.8, 4) is 5.95 Å². The van der Waals surface area contributed by atoms with Crippen LogP contribution in [-0.2, 0) is 13.0 Å². The molecule has 0 fully saturated rings. The molecule has 0 saturated heterocycles. The van der Waals surface area contributed by atoms with Gasteiger partial charge in [0.15, 0.2) is 0 Å². The Morgan fingerprint density at radius 3 is 2.45 bits per heavy atom. The molecule has 2 heterocycles. The molecule has 0 atom stereocenters. The van der Waals surface area contributed by atoms with E-state index in [-0.39, 0.29) is 0 Å². The molecule has 0 spiro atoms. The van der Waals surface area contributed by atoms with Gasteiger partial charge in [0.1, 0.15) is 0 Å². The molecule has 0 unspecified atom stereocenters. The largest absolute Gasteiger partial charge is 0.313 e. The van der Waals surface area contributed by atoms with Crippen LogP contribution in [0, 0.1) is 20.8 Å². The van der Waals surface area contributed by atoms with E-state index in [0.29, 0.717) is 5.95 Å². The molecule has 20 heavy (non-hydrogen) atoms. The number of nitrogens with one attached hydrogen (secondary N) is 1. The minimum Gasteiger partial charge on any atom is -0.313 e. The molecule has 0 aliphatic rings. The molecule has 5 heteroatoms.